The van der Waals surface area contributed by atoms with Crippen molar-refractivity contribution in [2.24, 2.45) is 0 Å². The summed E-state index contributed by atoms with van der Waals surface area (Å²) >= 11 is 1.64. The summed E-state index contributed by atoms with van der Waals surface area (Å²) in [7, 11) is 0. The second-order valence-electron chi connectivity index (χ2n) is 5.33. The number of pyridine rings is 1. The van der Waals surface area contributed by atoms with Crippen LogP contribution < -0.4 is 10.9 Å². The fraction of sp³-hybridized carbons (Fsp3) is 0.176. The average molecular weight is 340 g/mol. The highest BCUT2D eigenvalue weighted by Gasteiger charge is 2.06. The van der Waals surface area contributed by atoms with Gasteiger partial charge in [0.2, 0.25) is 5.91 Å². The van der Waals surface area contributed by atoms with E-state index in [-0.39, 0.29) is 18.0 Å². The summed E-state index contributed by atoms with van der Waals surface area (Å²) in [6.45, 7) is 2.04. The summed E-state index contributed by atoms with van der Waals surface area (Å²) in [5.74, 6) is -0.246. The number of amides is 1. The SMILES string of the molecule is Cc1cc(=O)n(CC(=O)NCc2cncc(-c3cccs3)c2)cn1. The zero-order valence-electron chi connectivity index (χ0n) is 13.1. The first-order valence-corrected chi connectivity index (χ1v) is 8.27. The van der Waals surface area contributed by atoms with Crippen molar-refractivity contribution in [2.75, 3.05) is 0 Å². The highest BCUT2D eigenvalue weighted by Crippen LogP contribution is 2.24. The molecule has 3 heterocycles. The van der Waals surface area contributed by atoms with Crippen LogP contribution in [0, 0.1) is 6.92 Å². The molecule has 0 unspecified atom stereocenters. The van der Waals surface area contributed by atoms with Crippen LogP contribution in [0.3, 0.4) is 0 Å². The second kappa shape index (κ2) is 7.18. The number of thiophene rings is 1. The van der Waals surface area contributed by atoms with Gasteiger partial charge in [0.15, 0.2) is 0 Å². The van der Waals surface area contributed by atoms with Gasteiger partial charge in [-0.25, -0.2) is 4.98 Å². The van der Waals surface area contributed by atoms with Crippen molar-refractivity contribution in [1.82, 2.24) is 19.9 Å². The van der Waals surface area contributed by atoms with E-state index in [1.807, 2.05) is 23.6 Å². The minimum absolute atomic E-state index is 0.0514. The third-order valence-corrected chi connectivity index (χ3v) is 4.34. The zero-order valence-corrected chi connectivity index (χ0v) is 13.9. The molecule has 0 radical (unpaired) electrons. The van der Waals surface area contributed by atoms with Crippen LogP contribution in [-0.4, -0.2) is 20.4 Å². The Hall–Kier alpha value is -2.80. The number of hydrogen-bond donors (Lipinski definition) is 1. The van der Waals surface area contributed by atoms with E-state index in [9.17, 15) is 9.59 Å². The van der Waals surface area contributed by atoms with E-state index in [4.69, 9.17) is 0 Å². The maximum Gasteiger partial charge on any atom is 0.253 e. The van der Waals surface area contributed by atoms with Gasteiger partial charge in [0.1, 0.15) is 6.54 Å². The Balaban J connectivity index is 1.62. The van der Waals surface area contributed by atoms with Crippen LogP contribution in [0.25, 0.3) is 10.4 Å². The molecule has 0 bridgehead atoms. The summed E-state index contributed by atoms with van der Waals surface area (Å²) in [5.41, 5.74) is 2.33. The maximum atomic E-state index is 12.0. The molecule has 1 N–H and O–H groups in total. The molecule has 0 saturated carbocycles. The first kappa shape index (κ1) is 16.1. The molecule has 3 aromatic heterocycles. The lowest BCUT2D eigenvalue weighted by molar-refractivity contribution is -0.121. The number of carbonyl (C=O) groups excluding carboxylic acids is 1. The molecule has 1 amide bonds. The van der Waals surface area contributed by atoms with Gasteiger partial charge in [0.25, 0.3) is 5.56 Å². The Morgan fingerprint density at radius 1 is 1.33 bits per heavy atom. The number of carbonyl (C=O) groups is 1. The Bertz CT molecular complexity index is 903. The fourth-order valence-electron chi connectivity index (χ4n) is 2.21. The topological polar surface area (TPSA) is 76.9 Å². The lowest BCUT2D eigenvalue weighted by Crippen LogP contribution is -2.32. The molecule has 24 heavy (non-hydrogen) atoms. The van der Waals surface area contributed by atoms with Gasteiger partial charge in [0.05, 0.1) is 6.33 Å². The summed E-state index contributed by atoms with van der Waals surface area (Å²) < 4.78 is 1.28. The Morgan fingerprint density at radius 2 is 2.21 bits per heavy atom. The molecule has 0 saturated heterocycles. The van der Waals surface area contributed by atoms with Gasteiger partial charge >= 0.3 is 0 Å². The van der Waals surface area contributed by atoms with Gasteiger partial charge in [0, 0.05) is 41.1 Å². The van der Waals surface area contributed by atoms with Crippen molar-refractivity contribution in [1.29, 1.82) is 0 Å². The number of rotatable bonds is 5. The maximum absolute atomic E-state index is 12.0. The molecule has 0 fully saturated rings. The molecule has 0 aromatic carbocycles. The summed E-state index contributed by atoms with van der Waals surface area (Å²) in [5, 5.41) is 4.81. The van der Waals surface area contributed by atoms with Crippen LogP contribution in [-0.2, 0) is 17.9 Å². The van der Waals surface area contributed by atoms with Crippen LogP contribution in [0.5, 0.6) is 0 Å². The monoisotopic (exact) mass is 340 g/mol. The number of aryl methyl sites for hydroxylation is 1. The van der Waals surface area contributed by atoms with Crippen LogP contribution in [0.4, 0.5) is 0 Å². The van der Waals surface area contributed by atoms with Gasteiger partial charge in [-0.15, -0.1) is 11.3 Å². The largest absolute Gasteiger partial charge is 0.350 e. The number of nitrogens with zero attached hydrogens (tertiary/aromatic N) is 3. The van der Waals surface area contributed by atoms with E-state index in [0.29, 0.717) is 12.2 Å². The molecular weight excluding hydrogens is 324 g/mol. The highest BCUT2D eigenvalue weighted by molar-refractivity contribution is 7.13. The van der Waals surface area contributed by atoms with E-state index >= 15 is 0 Å². The normalized spacial score (nSPS) is 10.5. The third-order valence-electron chi connectivity index (χ3n) is 3.42. The fourth-order valence-corrected chi connectivity index (χ4v) is 2.92. The van der Waals surface area contributed by atoms with Crippen LogP contribution in [0.1, 0.15) is 11.3 Å². The van der Waals surface area contributed by atoms with Gasteiger partial charge in [-0.2, -0.15) is 0 Å². The Labute approximate surface area is 142 Å². The minimum atomic E-state index is -0.246. The minimum Gasteiger partial charge on any atom is -0.350 e. The first-order chi connectivity index (χ1) is 11.6. The lowest BCUT2D eigenvalue weighted by atomic mass is 10.2. The quantitative estimate of drug-likeness (QED) is 0.770. The summed E-state index contributed by atoms with van der Waals surface area (Å²) in [4.78, 5) is 33.2. The van der Waals surface area contributed by atoms with Crippen molar-refractivity contribution >= 4 is 17.2 Å². The van der Waals surface area contributed by atoms with Crippen LogP contribution >= 0.6 is 11.3 Å². The number of aromatic nitrogens is 3. The van der Waals surface area contributed by atoms with Crippen molar-refractivity contribution in [3.8, 4) is 10.4 Å². The molecule has 0 aliphatic rings. The predicted octanol–water partition coefficient (Wildman–Crippen LogP) is 1.99. The second-order valence-corrected chi connectivity index (χ2v) is 6.28. The van der Waals surface area contributed by atoms with E-state index in [2.05, 4.69) is 15.3 Å². The highest BCUT2D eigenvalue weighted by atomic mass is 32.1. The van der Waals surface area contributed by atoms with Crippen LogP contribution in [0.15, 0.2) is 53.2 Å². The summed E-state index contributed by atoms with van der Waals surface area (Å²) in [6.07, 6.45) is 4.90. The molecule has 7 heteroatoms. The molecule has 0 aliphatic heterocycles. The summed E-state index contributed by atoms with van der Waals surface area (Å²) in [6, 6.07) is 7.42. The van der Waals surface area contributed by atoms with Gasteiger partial charge < -0.3 is 5.32 Å². The Morgan fingerprint density at radius 3 is 2.96 bits per heavy atom. The third kappa shape index (κ3) is 3.94. The lowest BCUT2D eigenvalue weighted by Gasteiger charge is -2.08. The van der Waals surface area contributed by atoms with E-state index in [0.717, 1.165) is 16.0 Å². The average Bonchev–Trinajstić information content (AvgIpc) is 3.10. The molecule has 0 spiro atoms. The first-order valence-electron chi connectivity index (χ1n) is 7.39. The van der Waals surface area contributed by atoms with E-state index in [1.165, 1.54) is 17.0 Å². The molecule has 0 aliphatic carbocycles. The van der Waals surface area contributed by atoms with Gasteiger partial charge in [-0.05, 0) is 30.0 Å². The van der Waals surface area contributed by atoms with Gasteiger partial charge in [-0.3, -0.25) is 19.1 Å². The smallest absolute Gasteiger partial charge is 0.253 e. The van der Waals surface area contributed by atoms with E-state index < -0.39 is 0 Å². The van der Waals surface area contributed by atoms with E-state index in [1.54, 1.807) is 30.7 Å². The molecule has 3 rings (SSSR count). The Kier molecular flexibility index (Phi) is 4.81. The van der Waals surface area contributed by atoms with Crippen LogP contribution in [0.2, 0.25) is 0 Å². The van der Waals surface area contributed by atoms with Crippen molar-refractivity contribution < 1.29 is 4.79 Å². The molecule has 6 nitrogen and oxygen atoms in total. The number of hydrogen-bond acceptors (Lipinski definition) is 5. The standard InChI is InChI=1S/C17H16N4O2S/c1-12-5-17(23)21(11-20-12)10-16(22)19-8-13-6-14(9-18-7-13)15-3-2-4-24-15/h2-7,9,11H,8,10H2,1H3,(H,19,22). The van der Waals surface area contributed by atoms with Crippen molar-refractivity contribution in [2.45, 2.75) is 20.0 Å². The van der Waals surface area contributed by atoms with Gasteiger partial charge in [-0.1, -0.05) is 6.07 Å². The number of nitrogens with one attached hydrogen (secondary N) is 1. The van der Waals surface area contributed by atoms with Crippen molar-refractivity contribution in [3.05, 3.63) is 70.0 Å². The molecular formula is C17H16N4O2S. The van der Waals surface area contributed by atoms with Crippen molar-refractivity contribution in [3.63, 3.8) is 0 Å². The molecule has 122 valence electrons. The molecule has 3 aromatic rings. The zero-order chi connectivity index (χ0) is 16.9. The predicted molar refractivity (Wildman–Crippen MR) is 92.6 cm³/mol. The molecule has 0 atom stereocenters.